The second-order valence-electron chi connectivity index (χ2n) is 16.1. The van der Waals surface area contributed by atoms with Gasteiger partial charge in [0.2, 0.25) is 17.7 Å². The van der Waals surface area contributed by atoms with Crippen molar-refractivity contribution in [2.75, 3.05) is 12.0 Å². The first kappa shape index (κ1) is 48.1. The Kier molecular flexibility index (Phi) is 19.4. The molecule has 15 heteroatoms. The van der Waals surface area contributed by atoms with Gasteiger partial charge >= 0.3 is 0 Å². The van der Waals surface area contributed by atoms with Gasteiger partial charge in [0.05, 0.1) is 30.0 Å². The number of phenolic OH excluding ortho intramolecular Hbond substituents is 1. The van der Waals surface area contributed by atoms with Crippen molar-refractivity contribution in [3.63, 3.8) is 0 Å². The van der Waals surface area contributed by atoms with Crippen LogP contribution in [0.4, 0.5) is 0 Å². The maximum Gasteiger partial charge on any atom is 0.252 e. The molecular formula is C41H65N5O9S. The van der Waals surface area contributed by atoms with E-state index in [0.29, 0.717) is 24.9 Å². The number of hydrogen-bond acceptors (Lipinski definition) is 10. The standard InChI is InChI=1S/C41H65N5O9S/c1-24(2)20-32(35(48)22-27(7)37(49)45-33(21-25(3)4)39(51)42-23-29-14-11-10-12-15-29)44-40(52)31(18-19-56(9,54)55)43-41(53)36(26(5)6)46-38(50)30-16-13-17-34(47)28(30)8/h10-17,24-27,31-33,35-36,41,43,47-48,53H,18-23H2,1-9H3,(H,42,51)(H,44,52)(H,45,49)(H,46,50)/t27-,31+,32+,33+,35+,36+,41-/m1/s1. The normalized spacial score (nSPS) is 15.7. The monoisotopic (exact) mass is 803 g/mol. The topological polar surface area (TPSA) is 223 Å². The van der Waals surface area contributed by atoms with Gasteiger partial charge < -0.3 is 36.6 Å². The average Bonchev–Trinajstić information content (AvgIpc) is 3.10. The number of carbonyl (C=O) groups excluding carboxylic acids is 4. The molecule has 0 bridgehead atoms. The number of carbonyl (C=O) groups is 4. The molecule has 0 saturated heterocycles. The zero-order valence-corrected chi connectivity index (χ0v) is 35.2. The lowest BCUT2D eigenvalue weighted by Gasteiger charge is -2.33. The third kappa shape index (κ3) is 16.6. The molecule has 0 radical (unpaired) electrons. The Morgan fingerprint density at radius 1 is 0.732 bits per heavy atom. The zero-order valence-electron chi connectivity index (χ0n) is 34.3. The van der Waals surface area contributed by atoms with Gasteiger partial charge in [-0.15, -0.1) is 0 Å². The highest BCUT2D eigenvalue weighted by Gasteiger charge is 2.34. The number of aliphatic hydroxyl groups is 2. The zero-order chi connectivity index (χ0) is 42.3. The number of aromatic hydroxyl groups is 1. The summed E-state index contributed by atoms with van der Waals surface area (Å²) < 4.78 is 24.4. The Bertz CT molecular complexity index is 1690. The molecule has 7 atom stereocenters. The van der Waals surface area contributed by atoms with Crippen molar-refractivity contribution in [2.24, 2.45) is 23.7 Å². The summed E-state index contributed by atoms with van der Waals surface area (Å²) in [7, 11) is -3.54. The van der Waals surface area contributed by atoms with E-state index in [1.54, 1.807) is 27.7 Å². The van der Waals surface area contributed by atoms with E-state index in [9.17, 15) is 42.9 Å². The van der Waals surface area contributed by atoms with Gasteiger partial charge in [0.15, 0.2) is 0 Å². The predicted molar refractivity (Wildman–Crippen MR) is 217 cm³/mol. The molecule has 14 nitrogen and oxygen atoms in total. The Morgan fingerprint density at radius 3 is 1.93 bits per heavy atom. The fourth-order valence-electron chi connectivity index (χ4n) is 6.30. The van der Waals surface area contributed by atoms with Gasteiger partial charge in [0.25, 0.3) is 5.91 Å². The first-order valence-electron chi connectivity index (χ1n) is 19.4. The fourth-order valence-corrected chi connectivity index (χ4v) is 6.97. The maximum absolute atomic E-state index is 13.9. The Labute approximate surface area is 332 Å². The summed E-state index contributed by atoms with van der Waals surface area (Å²) >= 11 is 0. The van der Waals surface area contributed by atoms with E-state index in [-0.39, 0.29) is 47.8 Å². The van der Waals surface area contributed by atoms with Crippen molar-refractivity contribution < 1.29 is 42.9 Å². The number of aliphatic hydroxyl groups excluding tert-OH is 2. The smallest absolute Gasteiger partial charge is 0.252 e. The third-order valence-electron chi connectivity index (χ3n) is 9.58. The first-order chi connectivity index (χ1) is 26.1. The predicted octanol–water partition coefficient (Wildman–Crippen LogP) is 2.93. The van der Waals surface area contributed by atoms with Gasteiger partial charge in [-0.05, 0) is 68.1 Å². The van der Waals surface area contributed by atoms with Crippen molar-refractivity contribution in [3.8, 4) is 5.75 Å². The first-order valence-corrected chi connectivity index (χ1v) is 21.5. The minimum Gasteiger partial charge on any atom is -0.508 e. The SMILES string of the molecule is Cc1c(O)cccc1C(=O)N[C@@H](C(C)C)[C@@H](O)N[C@@H](CCS(C)(=O)=O)C(=O)N[C@@H](CC(C)C)[C@@H](O)C[C@@H](C)C(=O)N[C@@H](CC(C)C)C(=O)NCc1ccccc1. The molecule has 0 saturated carbocycles. The summed E-state index contributed by atoms with van der Waals surface area (Å²) in [5.74, 6) is -3.46. The summed E-state index contributed by atoms with van der Waals surface area (Å²) in [5.41, 5.74) is 1.46. The molecule has 8 N–H and O–H groups in total. The quantitative estimate of drug-likeness (QED) is 0.0768. The Hall–Kier alpha value is -4.05. The Balaban J connectivity index is 2.21. The number of hydrogen-bond donors (Lipinski definition) is 8. The lowest BCUT2D eigenvalue weighted by molar-refractivity contribution is -0.132. The third-order valence-corrected chi connectivity index (χ3v) is 10.6. The molecular weight excluding hydrogens is 739 g/mol. The molecule has 314 valence electrons. The number of benzene rings is 2. The molecule has 56 heavy (non-hydrogen) atoms. The van der Waals surface area contributed by atoms with E-state index in [2.05, 4.69) is 26.6 Å². The van der Waals surface area contributed by atoms with Crippen LogP contribution in [0.15, 0.2) is 48.5 Å². The molecule has 0 fully saturated rings. The van der Waals surface area contributed by atoms with Gasteiger partial charge in [-0.2, -0.15) is 0 Å². The highest BCUT2D eigenvalue weighted by molar-refractivity contribution is 7.90. The van der Waals surface area contributed by atoms with Crippen molar-refractivity contribution in [2.45, 2.75) is 124 Å². The largest absolute Gasteiger partial charge is 0.508 e. The van der Waals surface area contributed by atoms with Crippen molar-refractivity contribution in [1.82, 2.24) is 26.6 Å². The second-order valence-corrected chi connectivity index (χ2v) is 18.4. The lowest BCUT2D eigenvalue weighted by Crippen LogP contribution is -2.59. The molecule has 0 heterocycles. The van der Waals surface area contributed by atoms with Crippen molar-refractivity contribution in [1.29, 1.82) is 0 Å². The molecule has 2 aromatic carbocycles. The molecule has 4 amide bonds. The van der Waals surface area contributed by atoms with E-state index >= 15 is 0 Å². The lowest BCUT2D eigenvalue weighted by atomic mass is 9.91. The van der Waals surface area contributed by atoms with Crippen LogP contribution < -0.4 is 26.6 Å². The van der Waals surface area contributed by atoms with Gasteiger partial charge in [0.1, 0.15) is 27.9 Å². The molecule has 2 rings (SSSR count). The van der Waals surface area contributed by atoms with Gasteiger partial charge in [-0.1, -0.05) is 84.9 Å². The number of rotatable bonds is 23. The van der Waals surface area contributed by atoms with Crippen LogP contribution in [0, 0.1) is 30.6 Å². The molecule has 2 aromatic rings. The van der Waals surface area contributed by atoms with Crippen LogP contribution in [0.2, 0.25) is 0 Å². The van der Waals surface area contributed by atoms with E-state index < -0.39 is 75.7 Å². The summed E-state index contributed by atoms with van der Waals surface area (Å²) in [6.45, 7) is 14.7. The molecule has 0 aromatic heterocycles. The molecule has 0 aliphatic carbocycles. The van der Waals surface area contributed by atoms with Gasteiger partial charge in [-0.25, -0.2) is 8.42 Å². The van der Waals surface area contributed by atoms with Gasteiger partial charge in [0, 0.05) is 29.8 Å². The van der Waals surface area contributed by atoms with Crippen molar-refractivity contribution in [3.05, 3.63) is 65.2 Å². The number of phenols is 1. The van der Waals surface area contributed by atoms with E-state index in [1.807, 2.05) is 58.0 Å². The average molecular weight is 804 g/mol. The van der Waals surface area contributed by atoms with Crippen LogP contribution in [0.5, 0.6) is 5.75 Å². The van der Waals surface area contributed by atoms with Crippen LogP contribution in [0.3, 0.4) is 0 Å². The maximum atomic E-state index is 13.9. The van der Waals surface area contributed by atoms with Crippen molar-refractivity contribution >= 4 is 33.5 Å². The van der Waals surface area contributed by atoms with Crippen LogP contribution in [-0.2, 0) is 30.8 Å². The van der Waals surface area contributed by atoms with Gasteiger partial charge in [-0.3, -0.25) is 24.5 Å². The van der Waals surface area contributed by atoms with Crippen LogP contribution in [-0.4, -0.2) is 95.9 Å². The van der Waals surface area contributed by atoms with E-state index in [0.717, 1.165) is 11.8 Å². The highest BCUT2D eigenvalue weighted by Crippen LogP contribution is 2.21. The van der Waals surface area contributed by atoms with Crippen LogP contribution in [0.25, 0.3) is 0 Å². The number of sulfone groups is 1. The highest BCUT2D eigenvalue weighted by atomic mass is 32.2. The van der Waals surface area contributed by atoms with Crippen LogP contribution in [0.1, 0.15) is 95.6 Å². The summed E-state index contributed by atoms with van der Waals surface area (Å²) in [6, 6.07) is 10.1. The molecule has 0 unspecified atom stereocenters. The van der Waals surface area contributed by atoms with E-state index in [4.69, 9.17) is 0 Å². The summed E-state index contributed by atoms with van der Waals surface area (Å²) in [4.78, 5) is 53.7. The Morgan fingerprint density at radius 2 is 1.36 bits per heavy atom. The number of nitrogens with one attached hydrogen (secondary N) is 5. The van der Waals surface area contributed by atoms with E-state index in [1.165, 1.54) is 18.2 Å². The number of amides is 4. The fraction of sp³-hybridized carbons (Fsp3) is 0.610. The molecule has 0 spiro atoms. The summed E-state index contributed by atoms with van der Waals surface area (Å²) in [5, 5.41) is 47.0. The molecule has 0 aliphatic rings. The summed E-state index contributed by atoms with van der Waals surface area (Å²) in [6.07, 6.45) is -1.24. The van der Waals surface area contributed by atoms with Crippen LogP contribution >= 0.6 is 0 Å². The molecule has 0 aliphatic heterocycles. The minimum absolute atomic E-state index is 0.00255. The minimum atomic E-state index is -3.54. The second kappa shape index (κ2) is 22.6.